The van der Waals surface area contributed by atoms with Gasteiger partial charge in [0.2, 0.25) is 0 Å². The molecule has 3 heterocycles. The molecule has 0 spiro atoms. The molecule has 0 bridgehead atoms. The number of hydrogen-bond acceptors (Lipinski definition) is 5. The molecule has 0 aromatic carbocycles. The molecule has 0 aliphatic carbocycles. The summed E-state index contributed by atoms with van der Waals surface area (Å²) in [6.45, 7) is 3.40. The Morgan fingerprint density at radius 2 is 2.00 bits per heavy atom. The van der Waals surface area contributed by atoms with Crippen LogP contribution in [0.4, 0.5) is 0 Å². The number of likely N-dealkylation sites (tertiary alicyclic amines) is 1. The van der Waals surface area contributed by atoms with Gasteiger partial charge in [0.05, 0.1) is 4.88 Å². The molecular formula is C13H19N3O2S3. The highest BCUT2D eigenvalue weighted by Crippen LogP contribution is 2.29. The third-order valence-corrected chi connectivity index (χ3v) is 8.00. The zero-order valence-corrected chi connectivity index (χ0v) is 14.1. The highest BCUT2D eigenvalue weighted by Gasteiger charge is 2.36. The van der Waals surface area contributed by atoms with Crippen molar-refractivity contribution in [3.8, 4) is 0 Å². The number of thiophene rings is 1. The molecule has 0 saturated carbocycles. The van der Waals surface area contributed by atoms with E-state index in [0.29, 0.717) is 28.2 Å². The van der Waals surface area contributed by atoms with Crippen LogP contribution in [0.25, 0.3) is 0 Å². The quantitative estimate of drug-likeness (QED) is 0.832. The van der Waals surface area contributed by atoms with Crippen LogP contribution in [-0.4, -0.2) is 54.8 Å². The van der Waals surface area contributed by atoms with Crippen molar-refractivity contribution in [1.82, 2.24) is 9.21 Å². The second-order valence-corrected chi connectivity index (χ2v) is 9.22. The van der Waals surface area contributed by atoms with Crippen LogP contribution in [0.15, 0.2) is 16.3 Å². The molecule has 2 aliphatic rings. The lowest BCUT2D eigenvalue weighted by Gasteiger charge is -2.23. The van der Waals surface area contributed by atoms with E-state index in [2.05, 4.69) is 4.90 Å². The number of nitrogens with two attached hydrogens (primary N) is 1. The lowest BCUT2D eigenvalue weighted by Crippen LogP contribution is -2.36. The van der Waals surface area contributed by atoms with E-state index in [1.807, 2.05) is 0 Å². The highest BCUT2D eigenvalue weighted by molar-refractivity contribution is 7.91. The molecule has 2 fully saturated rings. The smallest absolute Gasteiger partial charge is 0.252 e. The first kappa shape index (κ1) is 15.4. The minimum atomic E-state index is -3.40. The molecule has 2 aliphatic heterocycles. The molecule has 1 aromatic heterocycles. The van der Waals surface area contributed by atoms with Gasteiger partial charge in [0.25, 0.3) is 10.0 Å². The van der Waals surface area contributed by atoms with Crippen LogP contribution in [0, 0.1) is 0 Å². The molecule has 8 heteroatoms. The summed E-state index contributed by atoms with van der Waals surface area (Å²) in [6.07, 6.45) is 3.38. The van der Waals surface area contributed by atoms with E-state index >= 15 is 0 Å². The number of thiocarbonyl (C=S) groups is 1. The van der Waals surface area contributed by atoms with Gasteiger partial charge in [-0.2, -0.15) is 4.31 Å². The van der Waals surface area contributed by atoms with E-state index in [0.717, 1.165) is 30.8 Å². The van der Waals surface area contributed by atoms with E-state index in [9.17, 15) is 8.42 Å². The summed E-state index contributed by atoms with van der Waals surface area (Å²) in [5, 5.41) is 0. The Morgan fingerprint density at radius 3 is 2.62 bits per heavy atom. The SMILES string of the molecule is NC(=S)c1ccc(S(=O)(=O)N2CCC(N3CCCC3)C2)s1. The maximum Gasteiger partial charge on any atom is 0.252 e. The summed E-state index contributed by atoms with van der Waals surface area (Å²) in [5.74, 6) is 0. The molecule has 2 N–H and O–H groups in total. The van der Waals surface area contributed by atoms with Gasteiger partial charge >= 0.3 is 0 Å². The Morgan fingerprint density at radius 1 is 1.29 bits per heavy atom. The van der Waals surface area contributed by atoms with Crippen molar-refractivity contribution in [1.29, 1.82) is 0 Å². The zero-order valence-electron chi connectivity index (χ0n) is 11.7. The minimum Gasteiger partial charge on any atom is -0.389 e. The average molecular weight is 346 g/mol. The predicted molar refractivity (Wildman–Crippen MR) is 88.2 cm³/mol. The van der Waals surface area contributed by atoms with Crippen molar-refractivity contribution < 1.29 is 8.42 Å². The second kappa shape index (κ2) is 5.92. The Hall–Kier alpha value is -0.540. The molecular weight excluding hydrogens is 326 g/mol. The van der Waals surface area contributed by atoms with Crippen molar-refractivity contribution in [2.75, 3.05) is 26.2 Å². The van der Waals surface area contributed by atoms with Crippen molar-refractivity contribution in [3.63, 3.8) is 0 Å². The summed E-state index contributed by atoms with van der Waals surface area (Å²) in [4.78, 5) is 3.32. The molecule has 1 atom stereocenters. The van der Waals surface area contributed by atoms with Crippen LogP contribution in [0.5, 0.6) is 0 Å². The number of hydrogen-bond donors (Lipinski definition) is 1. The lowest BCUT2D eigenvalue weighted by atomic mass is 10.2. The molecule has 5 nitrogen and oxygen atoms in total. The Kier molecular flexibility index (Phi) is 4.33. The van der Waals surface area contributed by atoms with Crippen LogP contribution in [0.3, 0.4) is 0 Å². The summed E-state index contributed by atoms with van der Waals surface area (Å²) < 4.78 is 27.3. The van der Waals surface area contributed by atoms with Gasteiger partial charge in [-0.25, -0.2) is 8.42 Å². The molecule has 2 saturated heterocycles. The molecule has 1 unspecified atom stereocenters. The second-order valence-electron chi connectivity index (χ2n) is 5.53. The van der Waals surface area contributed by atoms with Crippen LogP contribution >= 0.6 is 23.6 Å². The van der Waals surface area contributed by atoms with Crippen molar-refractivity contribution in [3.05, 3.63) is 17.0 Å². The normalized spacial score (nSPS) is 24.7. The fraction of sp³-hybridized carbons (Fsp3) is 0.615. The van der Waals surface area contributed by atoms with Crippen LogP contribution in [0.2, 0.25) is 0 Å². The van der Waals surface area contributed by atoms with E-state index in [4.69, 9.17) is 18.0 Å². The highest BCUT2D eigenvalue weighted by atomic mass is 32.2. The van der Waals surface area contributed by atoms with Gasteiger partial charge < -0.3 is 5.73 Å². The lowest BCUT2D eigenvalue weighted by molar-refractivity contribution is 0.251. The molecule has 116 valence electrons. The third-order valence-electron chi connectivity index (χ3n) is 4.20. The predicted octanol–water partition coefficient (Wildman–Crippen LogP) is 1.24. The van der Waals surface area contributed by atoms with Gasteiger partial charge in [-0.3, -0.25) is 4.90 Å². The number of rotatable bonds is 4. The Balaban J connectivity index is 1.74. The minimum absolute atomic E-state index is 0.248. The summed E-state index contributed by atoms with van der Waals surface area (Å²) in [7, 11) is -3.40. The van der Waals surface area contributed by atoms with Crippen molar-refractivity contribution >= 4 is 38.6 Å². The Labute approximate surface area is 134 Å². The van der Waals surface area contributed by atoms with Crippen molar-refractivity contribution in [2.24, 2.45) is 5.73 Å². The first-order valence-electron chi connectivity index (χ1n) is 7.12. The van der Waals surface area contributed by atoms with E-state index in [1.54, 1.807) is 16.4 Å². The van der Waals surface area contributed by atoms with E-state index in [1.165, 1.54) is 12.8 Å². The molecule has 0 radical (unpaired) electrons. The van der Waals surface area contributed by atoms with Gasteiger partial charge in [-0.1, -0.05) is 12.2 Å². The molecule has 21 heavy (non-hydrogen) atoms. The zero-order chi connectivity index (χ0) is 15.0. The van der Waals surface area contributed by atoms with Crippen LogP contribution in [-0.2, 0) is 10.0 Å². The fourth-order valence-corrected chi connectivity index (χ4v) is 6.05. The van der Waals surface area contributed by atoms with Crippen molar-refractivity contribution in [2.45, 2.75) is 29.5 Å². The van der Waals surface area contributed by atoms with Gasteiger partial charge in [-0.05, 0) is 44.5 Å². The maximum atomic E-state index is 12.7. The number of sulfonamides is 1. The van der Waals surface area contributed by atoms with Gasteiger partial charge in [-0.15, -0.1) is 11.3 Å². The average Bonchev–Trinajstić information content (AvgIpc) is 3.19. The first-order valence-corrected chi connectivity index (χ1v) is 9.79. The Bertz CT molecular complexity index is 635. The summed E-state index contributed by atoms with van der Waals surface area (Å²) in [6, 6.07) is 3.67. The van der Waals surface area contributed by atoms with E-state index < -0.39 is 10.0 Å². The monoisotopic (exact) mass is 345 g/mol. The first-order chi connectivity index (χ1) is 9.98. The van der Waals surface area contributed by atoms with Gasteiger partial charge in [0, 0.05) is 19.1 Å². The standard InChI is InChI=1S/C13H19N3O2S3/c14-13(19)11-3-4-12(20-11)21(17,18)16-8-5-10(9-16)15-6-1-2-7-15/h3-4,10H,1-2,5-9H2,(H2,14,19). The van der Waals surface area contributed by atoms with Crippen LogP contribution in [0.1, 0.15) is 24.1 Å². The molecule has 1 aromatic rings. The third kappa shape index (κ3) is 3.00. The maximum absolute atomic E-state index is 12.7. The molecule has 0 amide bonds. The summed E-state index contributed by atoms with van der Waals surface area (Å²) in [5.41, 5.74) is 5.56. The van der Waals surface area contributed by atoms with E-state index in [-0.39, 0.29) is 4.99 Å². The molecule has 3 rings (SSSR count). The van der Waals surface area contributed by atoms with Crippen LogP contribution < -0.4 is 5.73 Å². The topological polar surface area (TPSA) is 66.6 Å². The van der Waals surface area contributed by atoms with Gasteiger partial charge in [0.15, 0.2) is 0 Å². The summed E-state index contributed by atoms with van der Waals surface area (Å²) >= 11 is 6.06. The van der Waals surface area contributed by atoms with Gasteiger partial charge in [0.1, 0.15) is 9.20 Å². The largest absolute Gasteiger partial charge is 0.389 e. The number of nitrogens with zero attached hydrogens (tertiary/aromatic N) is 2. The fourth-order valence-electron chi connectivity index (χ4n) is 3.05.